The van der Waals surface area contributed by atoms with Crippen LogP contribution in [0, 0.1) is 11.3 Å². The molecule has 0 heterocycles. The highest BCUT2D eigenvalue weighted by Crippen LogP contribution is 2.32. The molecule has 0 aliphatic carbocycles. The van der Waals surface area contributed by atoms with Gasteiger partial charge in [-0.05, 0) is 18.6 Å². The molecule has 0 saturated carbocycles. The zero-order chi connectivity index (χ0) is 14.3. The normalized spacial score (nSPS) is 13.2. The molecule has 0 aromatic heterocycles. The predicted molar refractivity (Wildman–Crippen MR) is 80.3 cm³/mol. The molecule has 20 heavy (non-hydrogen) atoms. The minimum absolute atomic E-state index is 0.693. The summed E-state index contributed by atoms with van der Waals surface area (Å²) in [6.07, 6.45) is 2.68. The second-order valence-corrected chi connectivity index (χ2v) is 4.82. The predicted octanol–water partition coefficient (Wildman–Crippen LogP) is 4.67. The van der Waals surface area contributed by atoms with Gasteiger partial charge in [-0.25, -0.2) is 0 Å². The van der Waals surface area contributed by atoms with E-state index in [1.165, 1.54) is 0 Å². The maximum absolute atomic E-state index is 9.74. The van der Waals surface area contributed by atoms with Crippen molar-refractivity contribution in [2.75, 3.05) is 0 Å². The molecular weight excluding hydrogens is 246 g/mol. The van der Waals surface area contributed by atoms with Crippen LogP contribution in [-0.2, 0) is 5.60 Å². The van der Waals surface area contributed by atoms with E-state index in [1.54, 1.807) is 0 Å². The van der Waals surface area contributed by atoms with Gasteiger partial charge in [-0.2, -0.15) is 5.26 Å². The van der Waals surface area contributed by atoms with E-state index < -0.39 is 5.60 Å². The molecule has 0 bridgehead atoms. The first-order valence-corrected chi connectivity index (χ1v) is 7.01. The Hall–Kier alpha value is -2.27. The van der Waals surface area contributed by atoms with Crippen LogP contribution in [0.25, 0.3) is 0 Å². The Morgan fingerprint density at radius 1 is 1.00 bits per heavy atom. The Bertz CT molecular complexity index is 559. The Kier molecular flexibility index (Phi) is 4.79. The van der Waals surface area contributed by atoms with Gasteiger partial charge in [0.15, 0.2) is 0 Å². The minimum atomic E-state index is -0.904. The van der Waals surface area contributed by atoms with Crippen LogP contribution in [0.15, 0.2) is 60.7 Å². The Labute approximate surface area is 120 Å². The molecule has 0 saturated heterocycles. The van der Waals surface area contributed by atoms with Crippen molar-refractivity contribution in [3.05, 3.63) is 66.2 Å². The van der Waals surface area contributed by atoms with Gasteiger partial charge in [-0.1, -0.05) is 61.9 Å². The van der Waals surface area contributed by atoms with Crippen molar-refractivity contribution in [1.82, 2.24) is 0 Å². The SMILES string of the molecule is CCCCC(C#N)(Oc1ccccc1)c1ccccc1. The molecule has 2 aromatic carbocycles. The molecule has 0 radical (unpaired) electrons. The molecule has 102 valence electrons. The van der Waals surface area contributed by atoms with Crippen LogP contribution in [-0.4, -0.2) is 0 Å². The van der Waals surface area contributed by atoms with Crippen LogP contribution < -0.4 is 4.74 Å². The third kappa shape index (κ3) is 3.19. The van der Waals surface area contributed by atoms with Crippen molar-refractivity contribution in [2.24, 2.45) is 0 Å². The first kappa shape index (κ1) is 14.1. The summed E-state index contributed by atoms with van der Waals surface area (Å²) in [5.41, 5.74) is 0.0123. The van der Waals surface area contributed by atoms with Crippen LogP contribution in [0.3, 0.4) is 0 Å². The van der Waals surface area contributed by atoms with E-state index in [0.29, 0.717) is 6.42 Å². The average Bonchev–Trinajstić information content (AvgIpc) is 2.53. The fourth-order valence-corrected chi connectivity index (χ4v) is 2.22. The molecule has 0 aliphatic rings. The van der Waals surface area contributed by atoms with Crippen molar-refractivity contribution in [3.8, 4) is 11.8 Å². The quantitative estimate of drug-likeness (QED) is 0.760. The van der Waals surface area contributed by atoms with Gasteiger partial charge < -0.3 is 4.74 Å². The van der Waals surface area contributed by atoms with Gasteiger partial charge in [0, 0.05) is 12.0 Å². The summed E-state index contributed by atoms with van der Waals surface area (Å²) < 4.78 is 6.08. The fourth-order valence-electron chi connectivity index (χ4n) is 2.22. The smallest absolute Gasteiger partial charge is 0.219 e. The molecule has 2 rings (SSSR count). The van der Waals surface area contributed by atoms with Crippen molar-refractivity contribution < 1.29 is 4.74 Å². The lowest BCUT2D eigenvalue weighted by Crippen LogP contribution is -2.31. The van der Waals surface area contributed by atoms with Crippen LogP contribution in [0.4, 0.5) is 0 Å². The Balaban J connectivity index is 2.35. The van der Waals surface area contributed by atoms with Gasteiger partial charge in [-0.3, -0.25) is 0 Å². The molecule has 1 unspecified atom stereocenters. The summed E-state index contributed by atoms with van der Waals surface area (Å²) in [4.78, 5) is 0. The van der Waals surface area contributed by atoms with Crippen molar-refractivity contribution in [1.29, 1.82) is 5.26 Å². The zero-order valence-electron chi connectivity index (χ0n) is 11.8. The Morgan fingerprint density at radius 3 is 2.15 bits per heavy atom. The number of nitriles is 1. The highest BCUT2D eigenvalue weighted by Gasteiger charge is 2.34. The maximum Gasteiger partial charge on any atom is 0.219 e. The van der Waals surface area contributed by atoms with Crippen LogP contribution in [0.1, 0.15) is 31.7 Å². The van der Waals surface area contributed by atoms with Gasteiger partial charge in [0.25, 0.3) is 0 Å². The summed E-state index contributed by atoms with van der Waals surface area (Å²) in [6, 6.07) is 21.7. The third-order valence-corrected chi connectivity index (χ3v) is 3.34. The third-order valence-electron chi connectivity index (χ3n) is 3.34. The van der Waals surface area contributed by atoms with Gasteiger partial charge in [0.2, 0.25) is 5.60 Å². The highest BCUT2D eigenvalue weighted by atomic mass is 16.5. The number of ether oxygens (including phenoxy) is 1. The number of nitrogens with zero attached hydrogens (tertiary/aromatic N) is 1. The highest BCUT2D eigenvalue weighted by molar-refractivity contribution is 5.33. The van der Waals surface area contributed by atoms with Crippen LogP contribution >= 0.6 is 0 Å². The lowest BCUT2D eigenvalue weighted by atomic mass is 9.89. The molecular formula is C18H19NO. The van der Waals surface area contributed by atoms with Gasteiger partial charge in [0.05, 0.1) is 0 Å². The summed E-state index contributed by atoms with van der Waals surface area (Å²) in [6.45, 7) is 2.12. The number of hydrogen-bond donors (Lipinski definition) is 0. The van der Waals surface area contributed by atoms with Crippen LogP contribution in [0.5, 0.6) is 5.75 Å². The number of benzene rings is 2. The van der Waals surface area contributed by atoms with Gasteiger partial charge >= 0.3 is 0 Å². The van der Waals surface area contributed by atoms with E-state index in [0.717, 1.165) is 24.2 Å². The number of unbranched alkanes of at least 4 members (excludes halogenated alkanes) is 1. The first-order chi connectivity index (χ1) is 9.80. The van der Waals surface area contributed by atoms with E-state index in [-0.39, 0.29) is 0 Å². The molecule has 1 atom stereocenters. The summed E-state index contributed by atoms with van der Waals surface area (Å²) >= 11 is 0. The van der Waals surface area contributed by atoms with Crippen molar-refractivity contribution in [2.45, 2.75) is 31.8 Å². The molecule has 0 amide bonds. The molecule has 2 nitrogen and oxygen atoms in total. The minimum Gasteiger partial charge on any atom is -0.468 e. The standard InChI is InChI=1S/C18H19NO/c1-2-3-14-18(15-19,16-10-6-4-7-11-16)20-17-12-8-5-9-13-17/h4-13H,2-3,14H2,1H3. The van der Waals surface area contributed by atoms with E-state index >= 15 is 0 Å². The molecule has 0 fully saturated rings. The van der Waals surface area contributed by atoms with Crippen LogP contribution in [0.2, 0.25) is 0 Å². The molecule has 0 spiro atoms. The molecule has 2 heteroatoms. The number of rotatable bonds is 6. The summed E-state index contributed by atoms with van der Waals surface area (Å²) in [5.74, 6) is 0.731. The summed E-state index contributed by atoms with van der Waals surface area (Å²) in [5, 5.41) is 9.74. The van der Waals surface area contributed by atoms with E-state index in [1.807, 2.05) is 60.7 Å². The second-order valence-electron chi connectivity index (χ2n) is 4.82. The van der Waals surface area contributed by atoms with Crippen molar-refractivity contribution in [3.63, 3.8) is 0 Å². The first-order valence-electron chi connectivity index (χ1n) is 7.01. The Morgan fingerprint density at radius 2 is 1.60 bits per heavy atom. The summed E-state index contributed by atoms with van der Waals surface area (Å²) in [7, 11) is 0. The van der Waals surface area contributed by atoms with E-state index in [9.17, 15) is 5.26 Å². The largest absolute Gasteiger partial charge is 0.468 e. The average molecular weight is 265 g/mol. The number of hydrogen-bond acceptors (Lipinski definition) is 2. The zero-order valence-corrected chi connectivity index (χ0v) is 11.8. The lowest BCUT2D eigenvalue weighted by Gasteiger charge is -2.28. The van der Waals surface area contributed by atoms with Gasteiger partial charge in [-0.15, -0.1) is 0 Å². The van der Waals surface area contributed by atoms with E-state index in [2.05, 4.69) is 13.0 Å². The topological polar surface area (TPSA) is 33.0 Å². The van der Waals surface area contributed by atoms with Gasteiger partial charge in [0.1, 0.15) is 11.8 Å². The lowest BCUT2D eigenvalue weighted by molar-refractivity contribution is 0.114. The fraction of sp³-hybridized carbons (Fsp3) is 0.278. The number of para-hydroxylation sites is 1. The van der Waals surface area contributed by atoms with Crippen molar-refractivity contribution >= 4 is 0 Å². The molecule has 0 aliphatic heterocycles. The van der Waals surface area contributed by atoms with E-state index in [4.69, 9.17) is 4.74 Å². The maximum atomic E-state index is 9.74. The molecule has 2 aromatic rings. The monoisotopic (exact) mass is 265 g/mol. The second kappa shape index (κ2) is 6.77. The molecule has 0 N–H and O–H groups in total.